The first-order chi connectivity index (χ1) is 12.6. The third kappa shape index (κ3) is 3.91. The summed E-state index contributed by atoms with van der Waals surface area (Å²) in [4.78, 5) is 6.47. The molecule has 26 heavy (non-hydrogen) atoms. The molecule has 7 heteroatoms. The van der Waals surface area contributed by atoms with Crippen molar-refractivity contribution in [3.63, 3.8) is 0 Å². The van der Waals surface area contributed by atoms with E-state index in [2.05, 4.69) is 5.32 Å². The molecule has 132 valence electrons. The molecule has 1 saturated heterocycles. The monoisotopic (exact) mass is 402 g/mol. The molecule has 0 radical (unpaired) electrons. The van der Waals surface area contributed by atoms with E-state index in [-0.39, 0.29) is 0 Å². The van der Waals surface area contributed by atoms with Crippen LogP contribution in [0, 0.1) is 0 Å². The summed E-state index contributed by atoms with van der Waals surface area (Å²) in [6.07, 6.45) is 0.992. The third-order valence-electron chi connectivity index (χ3n) is 3.86. The van der Waals surface area contributed by atoms with Crippen LogP contribution in [0.25, 0.3) is 17.0 Å². The van der Waals surface area contributed by atoms with Crippen LogP contribution in [-0.4, -0.2) is 27.0 Å². The van der Waals surface area contributed by atoms with E-state index in [1.165, 1.54) is 23.5 Å². The Morgan fingerprint density at radius 3 is 2.62 bits per heavy atom. The van der Waals surface area contributed by atoms with Gasteiger partial charge in [0.05, 0.1) is 5.52 Å². The van der Waals surface area contributed by atoms with Crippen LogP contribution in [0.3, 0.4) is 0 Å². The van der Waals surface area contributed by atoms with Crippen molar-refractivity contribution < 1.29 is 10.2 Å². The van der Waals surface area contributed by atoms with Crippen molar-refractivity contribution in [1.29, 1.82) is 0 Å². The number of fused-ring (bicyclic) bond motifs is 1. The smallest absolute Gasteiger partial charge is 0.159 e. The molecule has 0 aliphatic carbocycles. The summed E-state index contributed by atoms with van der Waals surface area (Å²) < 4.78 is 0. The van der Waals surface area contributed by atoms with E-state index >= 15 is 0 Å². The van der Waals surface area contributed by atoms with Gasteiger partial charge in [-0.2, -0.15) is 0 Å². The van der Waals surface area contributed by atoms with Crippen LogP contribution in [0.15, 0.2) is 69.4 Å². The highest BCUT2D eigenvalue weighted by Crippen LogP contribution is 2.36. The van der Waals surface area contributed by atoms with Crippen LogP contribution in [0.2, 0.25) is 5.02 Å². The molecule has 4 nitrogen and oxygen atoms in total. The lowest BCUT2D eigenvalue weighted by Crippen LogP contribution is -2.28. The highest BCUT2D eigenvalue weighted by atomic mass is 35.5. The van der Waals surface area contributed by atoms with Gasteiger partial charge in [0.15, 0.2) is 5.56 Å². The summed E-state index contributed by atoms with van der Waals surface area (Å²) in [5.41, 5.74) is 0.988. The second-order valence-electron chi connectivity index (χ2n) is 5.72. The predicted octanol–water partition coefficient (Wildman–Crippen LogP) is 4.31. The van der Waals surface area contributed by atoms with Gasteiger partial charge < -0.3 is 10.2 Å². The number of nitrogens with one attached hydrogen (secondary N) is 1. The average molecular weight is 403 g/mol. The summed E-state index contributed by atoms with van der Waals surface area (Å²) in [6.45, 7) is 0. The molecule has 1 aliphatic rings. The predicted molar refractivity (Wildman–Crippen MR) is 108 cm³/mol. The average Bonchev–Trinajstić information content (AvgIpc) is 2.94. The van der Waals surface area contributed by atoms with E-state index in [1.807, 2.05) is 60.7 Å². The maximum absolute atomic E-state index is 10.0. The van der Waals surface area contributed by atoms with E-state index < -0.39 is 11.8 Å². The van der Waals surface area contributed by atoms with Crippen LogP contribution in [0.5, 0.6) is 0 Å². The van der Waals surface area contributed by atoms with Crippen LogP contribution in [0.4, 0.5) is 0 Å². The van der Waals surface area contributed by atoms with Crippen molar-refractivity contribution in [2.24, 2.45) is 0 Å². The number of hydrogen-bond acceptors (Lipinski definition) is 6. The molecule has 3 N–H and O–H groups in total. The van der Waals surface area contributed by atoms with E-state index in [4.69, 9.17) is 16.6 Å². The zero-order chi connectivity index (χ0) is 18.1. The number of thioether (sulfide) groups is 1. The van der Waals surface area contributed by atoms with E-state index in [0.29, 0.717) is 9.93 Å². The number of aromatic nitrogens is 1. The Balaban J connectivity index is 1.78. The van der Waals surface area contributed by atoms with Crippen LogP contribution >= 0.6 is 35.1 Å². The fraction of sp³-hybridized carbons (Fsp3) is 0.105. The molecule has 2 aromatic carbocycles. The normalized spacial score (nSPS) is 21.6. The number of rotatable bonds is 3. The van der Waals surface area contributed by atoms with E-state index in [9.17, 15) is 10.2 Å². The van der Waals surface area contributed by atoms with E-state index in [1.54, 1.807) is 0 Å². The number of aliphatic hydroxyl groups excluding tert-OH is 2. The Labute approximate surface area is 164 Å². The molecular weight excluding hydrogens is 388 g/mol. The summed E-state index contributed by atoms with van der Waals surface area (Å²) >= 11 is 8.70. The van der Waals surface area contributed by atoms with Gasteiger partial charge in [0.25, 0.3) is 0 Å². The Hall–Kier alpha value is -1.54. The molecule has 1 fully saturated rings. The van der Waals surface area contributed by atoms with Gasteiger partial charge in [-0.05, 0) is 42.5 Å². The second kappa shape index (κ2) is 7.60. The van der Waals surface area contributed by atoms with Gasteiger partial charge in [-0.15, -0.1) is 0 Å². The van der Waals surface area contributed by atoms with Crippen molar-refractivity contribution in [3.8, 4) is 0 Å². The lowest BCUT2D eigenvalue weighted by atomic mass is 10.1. The fourth-order valence-corrected chi connectivity index (χ4v) is 4.47. The molecule has 2 unspecified atom stereocenters. The number of pyridine rings is 1. The topological polar surface area (TPSA) is 65.4 Å². The maximum atomic E-state index is 10.0. The number of benzene rings is 2. The van der Waals surface area contributed by atoms with Crippen molar-refractivity contribution in [1.82, 2.24) is 10.3 Å². The molecule has 2 heterocycles. The number of para-hydroxylation sites is 1. The minimum Gasteiger partial charge on any atom is -0.374 e. The molecule has 4 rings (SSSR count). The Kier molecular flexibility index (Phi) is 5.22. The van der Waals surface area contributed by atoms with Gasteiger partial charge in [0, 0.05) is 25.8 Å². The van der Waals surface area contributed by atoms with Gasteiger partial charge in [-0.3, -0.25) is 5.32 Å². The molecular formula is C19H15ClN2O2S2. The zero-order valence-electron chi connectivity index (χ0n) is 13.5. The molecule has 3 aromatic rings. The van der Waals surface area contributed by atoms with E-state index in [0.717, 1.165) is 26.4 Å². The maximum Gasteiger partial charge on any atom is 0.159 e. The van der Waals surface area contributed by atoms with Crippen molar-refractivity contribution in [2.75, 3.05) is 0 Å². The number of hydrogen-bond donors (Lipinski definition) is 3. The largest absolute Gasteiger partial charge is 0.374 e. The first-order valence-electron chi connectivity index (χ1n) is 7.92. The SMILES string of the molecule is OC1NC(O)/C(=C/c2cc3ccccc3nc2Sc2ccc(Cl)cc2)S1. The second-order valence-corrected chi connectivity index (χ2v) is 8.37. The standard InChI is InChI=1S/C19H15ClN2O2S2/c20-13-5-7-14(8-6-13)25-18-12(10-16-17(23)22-19(24)26-16)9-11-3-1-2-4-15(11)21-18/h1-10,17,19,22-24H/b16-10-. The van der Waals surface area contributed by atoms with Crippen molar-refractivity contribution in [2.45, 2.75) is 21.7 Å². The highest BCUT2D eigenvalue weighted by Gasteiger charge is 2.26. The molecule has 0 spiro atoms. The molecule has 2 atom stereocenters. The summed E-state index contributed by atoms with van der Waals surface area (Å²) in [5, 5.41) is 24.9. The Morgan fingerprint density at radius 1 is 1.12 bits per heavy atom. The summed E-state index contributed by atoms with van der Waals surface area (Å²) in [7, 11) is 0. The third-order valence-corrected chi connectivity index (χ3v) is 6.11. The highest BCUT2D eigenvalue weighted by molar-refractivity contribution is 8.04. The van der Waals surface area contributed by atoms with Gasteiger partial charge in [0.2, 0.25) is 0 Å². The number of aliphatic hydroxyl groups is 2. The van der Waals surface area contributed by atoms with Gasteiger partial charge in [0.1, 0.15) is 11.3 Å². The van der Waals surface area contributed by atoms with Crippen LogP contribution in [-0.2, 0) is 0 Å². The first kappa shape index (κ1) is 17.9. The Bertz CT molecular complexity index is 979. The molecule has 0 amide bonds. The lowest BCUT2D eigenvalue weighted by Gasteiger charge is -2.09. The van der Waals surface area contributed by atoms with Gasteiger partial charge in [-0.25, -0.2) is 4.98 Å². The number of halogens is 1. The minimum atomic E-state index is -0.880. The molecule has 1 aromatic heterocycles. The quantitative estimate of drug-likeness (QED) is 0.606. The molecule has 1 aliphatic heterocycles. The van der Waals surface area contributed by atoms with Gasteiger partial charge >= 0.3 is 0 Å². The van der Waals surface area contributed by atoms with Crippen LogP contribution in [0.1, 0.15) is 5.56 Å². The van der Waals surface area contributed by atoms with Crippen molar-refractivity contribution in [3.05, 3.63) is 70.1 Å². The van der Waals surface area contributed by atoms with Gasteiger partial charge in [-0.1, -0.05) is 53.3 Å². The summed E-state index contributed by atoms with van der Waals surface area (Å²) in [5.74, 6) is 0. The summed E-state index contributed by atoms with van der Waals surface area (Å²) in [6, 6.07) is 17.6. The zero-order valence-corrected chi connectivity index (χ0v) is 15.9. The van der Waals surface area contributed by atoms with Crippen LogP contribution < -0.4 is 5.32 Å². The molecule has 0 bridgehead atoms. The first-order valence-corrected chi connectivity index (χ1v) is 9.99. The lowest BCUT2D eigenvalue weighted by molar-refractivity contribution is 0.127. The van der Waals surface area contributed by atoms with Crippen molar-refractivity contribution >= 4 is 52.1 Å². The number of nitrogens with zero attached hydrogens (tertiary/aromatic N) is 1. The fourth-order valence-electron chi connectivity index (χ4n) is 2.62. The molecule has 0 saturated carbocycles. The Morgan fingerprint density at radius 2 is 1.88 bits per heavy atom. The minimum absolute atomic E-state index is 0.660.